The van der Waals surface area contributed by atoms with Crippen LogP contribution in [-0.2, 0) is 4.79 Å². The maximum atomic E-state index is 12.2. The van der Waals surface area contributed by atoms with Crippen LogP contribution in [0.5, 0.6) is 0 Å². The lowest BCUT2D eigenvalue weighted by Crippen LogP contribution is -2.40. The molecule has 2 heterocycles. The van der Waals surface area contributed by atoms with Gasteiger partial charge in [0.15, 0.2) is 0 Å². The van der Waals surface area contributed by atoms with Gasteiger partial charge in [-0.15, -0.1) is 0 Å². The van der Waals surface area contributed by atoms with Gasteiger partial charge in [-0.2, -0.15) is 0 Å². The fraction of sp³-hybridized carbons (Fsp3) is 0.462. The van der Waals surface area contributed by atoms with Crippen molar-refractivity contribution in [1.82, 2.24) is 9.88 Å². The Balaban J connectivity index is 2.02. The number of piperidine rings is 1. The molecule has 0 radical (unpaired) electrons. The zero-order valence-electron chi connectivity index (χ0n) is 10.4. The van der Waals surface area contributed by atoms with Crippen LogP contribution in [0.2, 0.25) is 5.15 Å². The summed E-state index contributed by atoms with van der Waals surface area (Å²) >= 11 is 5.68. The van der Waals surface area contributed by atoms with E-state index in [1.807, 2.05) is 0 Å². The molecule has 1 saturated heterocycles. The third-order valence-electron chi connectivity index (χ3n) is 3.24. The van der Waals surface area contributed by atoms with Gasteiger partial charge in [-0.25, -0.2) is 4.98 Å². The molecule has 2 rings (SSSR count). The Hall–Kier alpha value is -1.62. The van der Waals surface area contributed by atoms with Crippen molar-refractivity contribution >= 4 is 23.5 Å². The summed E-state index contributed by atoms with van der Waals surface area (Å²) in [6, 6.07) is 3.21. The van der Waals surface area contributed by atoms with Gasteiger partial charge in [-0.1, -0.05) is 11.6 Å². The molecule has 1 aromatic rings. The Bertz CT molecular complexity index is 475. The number of nitrogens with zero attached hydrogens (tertiary/aromatic N) is 2. The van der Waals surface area contributed by atoms with Crippen LogP contribution < -0.4 is 0 Å². The molecule has 1 aromatic heterocycles. The third-order valence-corrected chi connectivity index (χ3v) is 3.47. The first kappa shape index (κ1) is 13.8. The molecule has 1 fully saturated rings. The van der Waals surface area contributed by atoms with E-state index in [0.29, 0.717) is 23.8 Å². The van der Waals surface area contributed by atoms with Crippen LogP contribution in [0, 0.1) is 5.92 Å². The number of rotatable bonds is 3. The number of carbonyl (C=O) groups excluding carboxylic acids is 1. The summed E-state index contributed by atoms with van der Waals surface area (Å²) in [5.74, 6) is -0.887. The first-order chi connectivity index (χ1) is 9.06. The predicted octanol–water partition coefficient (Wildman–Crippen LogP) is 2.06. The summed E-state index contributed by atoms with van der Waals surface area (Å²) in [6.07, 6.45) is 3.26. The summed E-state index contributed by atoms with van der Waals surface area (Å²) in [5.41, 5.74) is 0.486. The molecule has 1 amide bonds. The molecule has 5 nitrogen and oxygen atoms in total. The minimum absolute atomic E-state index is 0.0375. The first-order valence-corrected chi connectivity index (χ1v) is 6.56. The van der Waals surface area contributed by atoms with E-state index in [4.69, 9.17) is 16.7 Å². The smallest absolute Gasteiger partial charge is 0.303 e. The Morgan fingerprint density at radius 3 is 2.89 bits per heavy atom. The highest BCUT2D eigenvalue weighted by Crippen LogP contribution is 2.21. The quantitative estimate of drug-likeness (QED) is 0.862. The topological polar surface area (TPSA) is 70.5 Å². The molecule has 1 aliphatic heterocycles. The molecule has 0 saturated carbocycles. The molecular weight excluding hydrogens is 268 g/mol. The van der Waals surface area contributed by atoms with Gasteiger partial charge in [0.25, 0.3) is 5.91 Å². The highest BCUT2D eigenvalue weighted by molar-refractivity contribution is 6.29. The highest BCUT2D eigenvalue weighted by atomic mass is 35.5. The molecule has 0 bridgehead atoms. The second-order valence-electron chi connectivity index (χ2n) is 4.73. The van der Waals surface area contributed by atoms with Crippen molar-refractivity contribution in [3.05, 3.63) is 29.0 Å². The van der Waals surface area contributed by atoms with Crippen LogP contribution in [0.4, 0.5) is 0 Å². The Morgan fingerprint density at radius 1 is 1.47 bits per heavy atom. The lowest BCUT2D eigenvalue weighted by atomic mass is 9.94. The van der Waals surface area contributed by atoms with Crippen LogP contribution in [0.1, 0.15) is 29.6 Å². The molecule has 0 spiro atoms. The van der Waals surface area contributed by atoms with E-state index in [9.17, 15) is 9.59 Å². The number of carboxylic acid groups (broad SMARTS) is 1. The SMILES string of the molecule is O=C(O)CC1CCCN(C(=O)c2ccc(Cl)nc2)C1. The number of hydrogen-bond donors (Lipinski definition) is 1. The predicted molar refractivity (Wildman–Crippen MR) is 70.1 cm³/mol. The number of carbonyl (C=O) groups is 2. The van der Waals surface area contributed by atoms with Gasteiger partial charge in [0.05, 0.1) is 5.56 Å². The fourth-order valence-electron chi connectivity index (χ4n) is 2.35. The number of amides is 1. The lowest BCUT2D eigenvalue weighted by Gasteiger charge is -2.32. The maximum Gasteiger partial charge on any atom is 0.303 e. The van der Waals surface area contributed by atoms with Crippen LogP contribution >= 0.6 is 11.6 Å². The molecule has 19 heavy (non-hydrogen) atoms. The Morgan fingerprint density at radius 2 is 2.26 bits per heavy atom. The number of pyridine rings is 1. The summed E-state index contributed by atoms with van der Waals surface area (Å²) in [6.45, 7) is 1.16. The number of halogens is 1. The average Bonchev–Trinajstić information content (AvgIpc) is 2.38. The normalized spacial score (nSPS) is 19.2. The van der Waals surface area contributed by atoms with Gasteiger partial charge in [-0.05, 0) is 30.9 Å². The molecule has 1 unspecified atom stereocenters. The number of likely N-dealkylation sites (tertiary alicyclic amines) is 1. The minimum Gasteiger partial charge on any atom is -0.481 e. The number of carboxylic acids is 1. The molecule has 102 valence electrons. The summed E-state index contributed by atoms with van der Waals surface area (Å²) in [5, 5.41) is 9.16. The molecular formula is C13H15ClN2O3. The van der Waals surface area contributed by atoms with E-state index in [1.165, 1.54) is 6.20 Å². The zero-order valence-corrected chi connectivity index (χ0v) is 11.1. The van der Waals surface area contributed by atoms with Gasteiger partial charge in [0.1, 0.15) is 5.15 Å². The van der Waals surface area contributed by atoms with E-state index in [0.717, 1.165) is 12.8 Å². The molecule has 1 N–H and O–H groups in total. The van der Waals surface area contributed by atoms with Crippen molar-refractivity contribution in [1.29, 1.82) is 0 Å². The number of aliphatic carboxylic acids is 1. The number of aromatic nitrogens is 1. The van der Waals surface area contributed by atoms with E-state index in [2.05, 4.69) is 4.98 Å². The largest absolute Gasteiger partial charge is 0.481 e. The molecule has 1 atom stereocenters. The Kier molecular flexibility index (Phi) is 4.37. The van der Waals surface area contributed by atoms with Crippen molar-refractivity contribution in [2.24, 2.45) is 5.92 Å². The van der Waals surface area contributed by atoms with E-state index in [1.54, 1.807) is 17.0 Å². The van der Waals surface area contributed by atoms with Gasteiger partial charge in [-0.3, -0.25) is 9.59 Å². The van der Waals surface area contributed by atoms with Crippen molar-refractivity contribution < 1.29 is 14.7 Å². The number of hydrogen-bond acceptors (Lipinski definition) is 3. The molecule has 1 aliphatic rings. The first-order valence-electron chi connectivity index (χ1n) is 6.19. The summed E-state index contributed by atoms with van der Waals surface area (Å²) in [4.78, 5) is 28.5. The molecule has 0 aromatic carbocycles. The average molecular weight is 283 g/mol. The standard InChI is InChI=1S/C13H15ClN2O3/c14-11-4-3-10(7-15-11)13(19)16-5-1-2-9(8-16)6-12(17)18/h3-4,7,9H,1-2,5-6,8H2,(H,17,18). The lowest BCUT2D eigenvalue weighted by molar-refractivity contribution is -0.138. The van der Waals surface area contributed by atoms with Crippen LogP contribution in [-0.4, -0.2) is 40.0 Å². The fourth-order valence-corrected chi connectivity index (χ4v) is 2.46. The van der Waals surface area contributed by atoms with Crippen molar-refractivity contribution in [3.8, 4) is 0 Å². The van der Waals surface area contributed by atoms with E-state index >= 15 is 0 Å². The van der Waals surface area contributed by atoms with Crippen LogP contribution in [0.25, 0.3) is 0 Å². The van der Waals surface area contributed by atoms with Gasteiger partial charge in [0.2, 0.25) is 0 Å². The van der Waals surface area contributed by atoms with Gasteiger partial charge < -0.3 is 10.0 Å². The minimum atomic E-state index is -0.813. The van der Waals surface area contributed by atoms with E-state index in [-0.39, 0.29) is 18.2 Å². The summed E-state index contributed by atoms with van der Waals surface area (Å²) in [7, 11) is 0. The van der Waals surface area contributed by atoms with Crippen LogP contribution in [0.15, 0.2) is 18.3 Å². The van der Waals surface area contributed by atoms with Crippen molar-refractivity contribution in [3.63, 3.8) is 0 Å². The highest BCUT2D eigenvalue weighted by Gasteiger charge is 2.25. The Labute approximate surface area is 116 Å². The van der Waals surface area contributed by atoms with Crippen molar-refractivity contribution in [2.45, 2.75) is 19.3 Å². The second-order valence-corrected chi connectivity index (χ2v) is 5.11. The van der Waals surface area contributed by atoms with Crippen molar-refractivity contribution in [2.75, 3.05) is 13.1 Å². The third kappa shape index (κ3) is 3.67. The van der Waals surface area contributed by atoms with E-state index < -0.39 is 5.97 Å². The van der Waals surface area contributed by atoms with Gasteiger partial charge >= 0.3 is 5.97 Å². The molecule has 0 aliphatic carbocycles. The second kappa shape index (κ2) is 6.02. The monoisotopic (exact) mass is 282 g/mol. The van der Waals surface area contributed by atoms with Gasteiger partial charge in [0, 0.05) is 25.7 Å². The van der Waals surface area contributed by atoms with Crippen LogP contribution in [0.3, 0.4) is 0 Å². The maximum absolute atomic E-state index is 12.2. The zero-order chi connectivity index (χ0) is 13.8. The molecule has 6 heteroatoms. The summed E-state index contributed by atoms with van der Waals surface area (Å²) < 4.78 is 0.